The number of hydrogen-bond donors (Lipinski definition) is 1. The van der Waals surface area contributed by atoms with E-state index in [0.717, 1.165) is 51.5 Å². The Hall–Kier alpha value is -2.73. The maximum atomic E-state index is 12.9. The van der Waals surface area contributed by atoms with E-state index >= 15 is 0 Å². The van der Waals surface area contributed by atoms with Gasteiger partial charge in [-0.05, 0) is 61.6 Å². The average Bonchev–Trinajstić information content (AvgIpc) is 3.14. The fraction of sp³-hybridized carbons (Fsp3) is 0.227. The zero-order valence-corrected chi connectivity index (χ0v) is 17.0. The van der Waals surface area contributed by atoms with Gasteiger partial charge in [0.1, 0.15) is 0 Å². The van der Waals surface area contributed by atoms with Crippen LogP contribution in [0.2, 0.25) is 0 Å². The Morgan fingerprint density at radius 2 is 2.00 bits per heavy atom. The molecule has 1 aliphatic carbocycles. The normalized spacial score (nSPS) is 12.6. The highest BCUT2D eigenvalue weighted by Crippen LogP contribution is 2.30. The van der Waals surface area contributed by atoms with Crippen LogP contribution >= 0.6 is 15.9 Å². The zero-order chi connectivity index (χ0) is 19.7. The zero-order valence-electron chi connectivity index (χ0n) is 15.4. The molecule has 142 valence electrons. The monoisotopic (exact) mass is 438 g/mol. The van der Waals surface area contributed by atoms with Crippen LogP contribution in [0.3, 0.4) is 0 Å². The second kappa shape index (κ2) is 7.72. The van der Waals surface area contributed by atoms with Crippen LogP contribution in [0, 0.1) is 6.92 Å². The average molecular weight is 439 g/mol. The topological polar surface area (TPSA) is 68.3 Å². The molecular weight excluding hydrogens is 420 g/mol. The second-order valence-corrected chi connectivity index (χ2v) is 7.78. The molecule has 3 aromatic rings. The number of rotatable bonds is 4. The summed E-state index contributed by atoms with van der Waals surface area (Å²) >= 11 is 3.40. The van der Waals surface area contributed by atoms with Crippen LogP contribution < -0.4 is 5.32 Å². The van der Waals surface area contributed by atoms with Crippen LogP contribution in [-0.2, 0) is 22.4 Å². The van der Waals surface area contributed by atoms with Crippen molar-refractivity contribution in [3.05, 3.63) is 69.3 Å². The Balaban J connectivity index is 1.52. The first-order chi connectivity index (χ1) is 13.5. The summed E-state index contributed by atoms with van der Waals surface area (Å²) in [6.07, 6.45) is 2.65. The number of pyridine rings is 1. The molecule has 0 fully saturated rings. The Labute approximate surface area is 171 Å². The second-order valence-electron chi connectivity index (χ2n) is 6.87. The van der Waals surface area contributed by atoms with Gasteiger partial charge in [0, 0.05) is 21.2 Å². The molecule has 1 aliphatic rings. The predicted octanol–water partition coefficient (Wildman–Crippen LogP) is 4.59. The Morgan fingerprint density at radius 1 is 1.18 bits per heavy atom. The van der Waals surface area contributed by atoms with E-state index < -0.39 is 5.97 Å². The number of nitrogens with one attached hydrogen (secondary N) is 1. The van der Waals surface area contributed by atoms with Crippen molar-refractivity contribution in [3.8, 4) is 0 Å². The number of esters is 1. The molecule has 0 radical (unpaired) electrons. The van der Waals surface area contributed by atoms with Crippen LogP contribution in [0.4, 0.5) is 5.69 Å². The molecule has 0 aliphatic heterocycles. The molecule has 5 nitrogen and oxygen atoms in total. The number of aryl methyl sites for hydroxylation is 2. The molecule has 0 atom stereocenters. The smallest absolute Gasteiger partial charge is 0.339 e. The lowest BCUT2D eigenvalue weighted by Gasteiger charge is -2.13. The van der Waals surface area contributed by atoms with Gasteiger partial charge in [-0.2, -0.15) is 0 Å². The lowest BCUT2D eigenvalue weighted by Crippen LogP contribution is -2.22. The van der Waals surface area contributed by atoms with Crippen LogP contribution in [0.25, 0.3) is 10.9 Å². The lowest BCUT2D eigenvalue weighted by atomic mass is 10.0. The first kappa shape index (κ1) is 18.6. The summed E-state index contributed by atoms with van der Waals surface area (Å²) in [5, 5.41) is 3.56. The number of nitrogens with zero attached hydrogens (tertiary/aromatic N) is 1. The minimum Gasteiger partial charge on any atom is -0.452 e. The van der Waals surface area contributed by atoms with Gasteiger partial charge in [-0.1, -0.05) is 34.1 Å². The minimum absolute atomic E-state index is 0.334. The van der Waals surface area contributed by atoms with Gasteiger partial charge in [-0.3, -0.25) is 9.78 Å². The highest BCUT2D eigenvalue weighted by atomic mass is 79.9. The fourth-order valence-electron chi connectivity index (χ4n) is 3.60. The fourth-order valence-corrected chi connectivity index (χ4v) is 4.08. The molecule has 4 rings (SSSR count). The number of carbonyl (C=O) groups excluding carboxylic acids is 2. The van der Waals surface area contributed by atoms with Gasteiger partial charge in [-0.15, -0.1) is 0 Å². The minimum atomic E-state index is -0.473. The molecule has 1 N–H and O–H groups in total. The number of benzene rings is 2. The highest BCUT2D eigenvalue weighted by Gasteiger charge is 2.25. The van der Waals surface area contributed by atoms with Gasteiger partial charge in [0.2, 0.25) is 0 Å². The number of para-hydroxylation sites is 1. The largest absolute Gasteiger partial charge is 0.452 e. The summed E-state index contributed by atoms with van der Waals surface area (Å²) in [4.78, 5) is 29.8. The van der Waals surface area contributed by atoms with Crippen molar-refractivity contribution in [1.82, 2.24) is 4.98 Å². The van der Waals surface area contributed by atoms with Gasteiger partial charge in [0.15, 0.2) is 6.61 Å². The molecule has 0 spiro atoms. The predicted molar refractivity (Wildman–Crippen MR) is 112 cm³/mol. The van der Waals surface area contributed by atoms with Crippen LogP contribution in [-0.4, -0.2) is 23.5 Å². The summed E-state index contributed by atoms with van der Waals surface area (Å²) in [6.45, 7) is 1.57. The first-order valence-electron chi connectivity index (χ1n) is 9.16. The van der Waals surface area contributed by atoms with Crippen molar-refractivity contribution in [3.63, 3.8) is 0 Å². The number of ether oxygens (including phenoxy) is 1. The van der Waals surface area contributed by atoms with E-state index in [4.69, 9.17) is 4.74 Å². The third kappa shape index (κ3) is 3.64. The van der Waals surface area contributed by atoms with Crippen LogP contribution in [0.5, 0.6) is 0 Å². The molecular formula is C22H19BrN2O3. The number of halogens is 1. The molecule has 1 heterocycles. The maximum Gasteiger partial charge on any atom is 0.339 e. The number of aromatic nitrogens is 1. The summed E-state index contributed by atoms with van der Waals surface area (Å²) in [6, 6.07) is 13.1. The quantitative estimate of drug-likeness (QED) is 0.604. The van der Waals surface area contributed by atoms with Crippen molar-refractivity contribution in [1.29, 1.82) is 0 Å². The number of hydrogen-bond acceptors (Lipinski definition) is 4. The van der Waals surface area contributed by atoms with Crippen molar-refractivity contribution in [2.24, 2.45) is 0 Å². The summed E-state index contributed by atoms with van der Waals surface area (Å²) in [7, 11) is 0. The molecule has 0 unspecified atom stereocenters. The van der Waals surface area contributed by atoms with Gasteiger partial charge in [0.05, 0.1) is 11.1 Å². The Bertz CT molecular complexity index is 1090. The van der Waals surface area contributed by atoms with Crippen molar-refractivity contribution in [2.75, 3.05) is 11.9 Å². The van der Waals surface area contributed by atoms with Gasteiger partial charge in [0.25, 0.3) is 5.91 Å². The molecule has 1 aromatic heterocycles. The number of fused-ring (bicyclic) bond motifs is 2. The molecule has 0 bridgehead atoms. The van der Waals surface area contributed by atoms with E-state index in [0.29, 0.717) is 11.3 Å². The highest BCUT2D eigenvalue weighted by molar-refractivity contribution is 9.10. The van der Waals surface area contributed by atoms with E-state index in [2.05, 4.69) is 26.2 Å². The maximum absolute atomic E-state index is 12.9. The van der Waals surface area contributed by atoms with E-state index in [9.17, 15) is 9.59 Å². The molecule has 0 saturated carbocycles. The van der Waals surface area contributed by atoms with Crippen LogP contribution in [0.15, 0.2) is 46.9 Å². The van der Waals surface area contributed by atoms with Crippen molar-refractivity contribution >= 4 is 44.4 Å². The van der Waals surface area contributed by atoms with Gasteiger partial charge >= 0.3 is 5.97 Å². The van der Waals surface area contributed by atoms with Crippen molar-refractivity contribution < 1.29 is 14.3 Å². The molecule has 0 saturated heterocycles. The number of amides is 1. The molecule has 28 heavy (non-hydrogen) atoms. The SMILES string of the molecule is Cc1cc(Br)ccc1NC(=O)COC(=O)c1c2c(nc3ccccc13)CCC2. The van der Waals surface area contributed by atoms with Crippen LogP contribution in [0.1, 0.15) is 33.6 Å². The third-order valence-corrected chi connectivity index (χ3v) is 5.41. The first-order valence-corrected chi connectivity index (χ1v) is 9.96. The van der Waals surface area contributed by atoms with Gasteiger partial charge < -0.3 is 10.1 Å². The standard InChI is InChI=1S/C22H19BrN2O3/c1-13-11-14(23)9-10-17(13)25-20(26)12-28-22(27)21-15-5-2-3-7-18(15)24-19-8-4-6-16(19)21/h2-3,5,7,9-11H,4,6,8,12H2,1H3,(H,25,26). The summed E-state index contributed by atoms with van der Waals surface area (Å²) in [5.74, 6) is -0.840. The number of anilines is 1. The molecule has 6 heteroatoms. The summed E-state index contributed by atoms with van der Waals surface area (Å²) < 4.78 is 6.31. The third-order valence-electron chi connectivity index (χ3n) is 4.92. The van der Waals surface area contributed by atoms with E-state index in [-0.39, 0.29) is 12.5 Å². The van der Waals surface area contributed by atoms with E-state index in [1.165, 1.54) is 0 Å². The Kier molecular flexibility index (Phi) is 5.13. The lowest BCUT2D eigenvalue weighted by molar-refractivity contribution is -0.119. The number of carbonyl (C=O) groups is 2. The van der Waals surface area contributed by atoms with E-state index in [1.807, 2.05) is 49.4 Å². The van der Waals surface area contributed by atoms with Crippen molar-refractivity contribution in [2.45, 2.75) is 26.2 Å². The Morgan fingerprint density at radius 3 is 2.82 bits per heavy atom. The van der Waals surface area contributed by atoms with Gasteiger partial charge in [-0.25, -0.2) is 4.79 Å². The summed E-state index contributed by atoms with van der Waals surface area (Å²) in [5.41, 5.74) is 4.86. The molecule has 1 amide bonds. The van der Waals surface area contributed by atoms with E-state index in [1.54, 1.807) is 0 Å². The molecule has 2 aromatic carbocycles.